The zero-order valence-corrected chi connectivity index (χ0v) is 6.84. The highest BCUT2D eigenvalue weighted by atomic mass is 16.6. The summed E-state index contributed by atoms with van der Waals surface area (Å²) in [5.74, 6) is -1.72. The van der Waals surface area contributed by atoms with Crippen LogP contribution in [-0.4, -0.2) is 51.1 Å². The van der Waals surface area contributed by atoms with Crippen LogP contribution in [0.5, 0.6) is 0 Å². The van der Waals surface area contributed by atoms with E-state index in [0.29, 0.717) is 0 Å². The van der Waals surface area contributed by atoms with Gasteiger partial charge in [0.1, 0.15) is 18.3 Å². The minimum atomic E-state index is -1.72. The minimum absolute atomic E-state index is 0.164. The molecule has 72 valence electrons. The van der Waals surface area contributed by atoms with Crippen LogP contribution in [0, 0.1) is 0 Å². The molecule has 5 heteroatoms. The van der Waals surface area contributed by atoms with Crippen LogP contribution in [0.2, 0.25) is 0 Å². The highest BCUT2D eigenvalue weighted by Gasteiger charge is 2.46. The number of aliphatic hydroxyl groups excluding tert-OH is 3. The Morgan fingerprint density at radius 3 is 2.50 bits per heavy atom. The molecule has 0 radical (unpaired) electrons. The Morgan fingerprint density at radius 2 is 2.00 bits per heavy atom. The molecule has 1 aliphatic rings. The first kappa shape index (κ1) is 9.88. The van der Waals surface area contributed by atoms with Gasteiger partial charge in [-0.05, 0) is 0 Å². The number of aliphatic hydroxyl groups is 4. The maximum absolute atomic E-state index is 9.49. The first-order valence-corrected chi connectivity index (χ1v) is 3.92. The lowest BCUT2D eigenvalue weighted by atomic mass is 9.95. The van der Waals surface area contributed by atoms with E-state index in [0.717, 1.165) is 0 Å². The smallest absolute Gasteiger partial charge is 0.194 e. The first-order valence-electron chi connectivity index (χ1n) is 3.92. The molecule has 4 N–H and O–H groups in total. The van der Waals surface area contributed by atoms with Crippen molar-refractivity contribution >= 4 is 0 Å². The summed E-state index contributed by atoms with van der Waals surface area (Å²) in [6.45, 7) is 1.45. The second-order valence-corrected chi connectivity index (χ2v) is 3.01. The minimum Gasteiger partial charge on any atom is -0.388 e. The van der Waals surface area contributed by atoms with Gasteiger partial charge in [0.15, 0.2) is 5.79 Å². The van der Waals surface area contributed by atoms with Gasteiger partial charge in [-0.15, -0.1) is 0 Å². The number of hydrogen-bond donors (Lipinski definition) is 4. The van der Waals surface area contributed by atoms with E-state index in [4.69, 9.17) is 9.84 Å². The molecule has 0 bridgehead atoms. The van der Waals surface area contributed by atoms with Crippen LogP contribution in [-0.2, 0) is 4.74 Å². The molecule has 12 heavy (non-hydrogen) atoms. The molecule has 1 fully saturated rings. The Balaban J connectivity index is 2.71. The molecule has 1 aliphatic heterocycles. The topological polar surface area (TPSA) is 90.2 Å². The van der Waals surface area contributed by atoms with E-state index < -0.39 is 24.1 Å². The van der Waals surface area contributed by atoms with Gasteiger partial charge in [0.05, 0.1) is 6.61 Å². The van der Waals surface area contributed by atoms with Gasteiger partial charge >= 0.3 is 0 Å². The van der Waals surface area contributed by atoms with Gasteiger partial charge in [0, 0.05) is 6.42 Å². The summed E-state index contributed by atoms with van der Waals surface area (Å²) < 4.78 is 4.81. The lowest BCUT2D eigenvalue weighted by molar-refractivity contribution is -0.321. The van der Waals surface area contributed by atoms with Gasteiger partial charge in [-0.25, -0.2) is 0 Å². The van der Waals surface area contributed by atoms with Crippen LogP contribution >= 0.6 is 0 Å². The number of hydrogen-bond acceptors (Lipinski definition) is 5. The van der Waals surface area contributed by atoms with Crippen molar-refractivity contribution in [2.75, 3.05) is 6.61 Å². The summed E-state index contributed by atoms with van der Waals surface area (Å²) in [4.78, 5) is 0. The summed E-state index contributed by atoms with van der Waals surface area (Å²) in [6.07, 6.45) is -3.76. The third kappa shape index (κ3) is 1.46. The quantitative estimate of drug-likeness (QED) is 0.380. The molecule has 2 unspecified atom stereocenters. The maximum atomic E-state index is 9.49. The third-order valence-electron chi connectivity index (χ3n) is 2.19. The Kier molecular flexibility index (Phi) is 2.70. The van der Waals surface area contributed by atoms with Crippen molar-refractivity contribution in [2.45, 2.75) is 37.4 Å². The highest BCUT2D eigenvalue weighted by Crippen LogP contribution is 2.26. The largest absolute Gasteiger partial charge is 0.388 e. The molecule has 0 saturated carbocycles. The van der Waals surface area contributed by atoms with Crippen molar-refractivity contribution in [3.8, 4) is 0 Å². The molecule has 4 atom stereocenters. The Hall–Kier alpha value is -0.200. The zero-order valence-electron chi connectivity index (χ0n) is 6.84. The van der Waals surface area contributed by atoms with E-state index in [1.807, 2.05) is 0 Å². The van der Waals surface area contributed by atoms with Crippen molar-refractivity contribution in [1.82, 2.24) is 0 Å². The molecule has 0 aromatic carbocycles. The van der Waals surface area contributed by atoms with Gasteiger partial charge in [0.25, 0.3) is 0 Å². The van der Waals surface area contributed by atoms with Crippen LogP contribution in [0.1, 0.15) is 13.3 Å². The van der Waals surface area contributed by atoms with Gasteiger partial charge in [-0.1, -0.05) is 6.92 Å². The lowest BCUT2D eigenvalue weighted by Gasteiger charge is -2.41. The summed E-state index contributed by atoms with van der Waals surface area (Å²) >= 11 is 0. The summed E-state index contributed by atoms with van der Waals surface area (Å²) in [6, 6.07) is 0. The fourth-order valence-electron chi connectivity index (χ4n) is 1.20. The van der Waals surface area contributed by atoms with E-state index in [1.54, 1.807) is 6.92 Å². The van der Waals surface area contributed by atoms with Gasteiger partial charge in [-0.3, -0.25) is 0 Å². The molecule has 0 spiro atoms. The Bertz CT molecular complexity index is 162. The van der Waals surface area contributed by atoms with Gasteiger partial charge in [-0.2, -0.15) is 0 Å². The van der Waals surface area contributed by atoms with Crippen LogP contribution in [0.25, 0.3) is 0 Å². The fraction of sp³-hybridized carbons (Fsp3) is 1.00. The van der Waals surface area contributed by atoms with Crippen LogP contribution in [0.4, 0.5) is 0 Å². The standard InChI is InChI=1S/C7H14O5/c1-2-7(11)6(10)5(9)4(8)3-12-7/h4-6,8-11H,2-3H2,1H3/t4-,5?,6-,7?/m1/s1. The van der Waals surface area contributed by atoms with Gasteiger partial charge < -0.3 is 25.2 Å². The lowest BCUT2D eigenvalue weighted by Crippen LogP contribution is -2.60. The van der Waals surface area contributed by atoms with E-state index >= 15 is 0 Å². The second kappa shape index (κ2) is 3.27. The van der Waals surface area contributed by atoms with Crippen molar-refractivity contribution in [1.29, 1.82) is 0 Å². The summed E-state index contributed by atoms with van der Waals surface area (Å²) in [5.41, 5.74) is 0. The maximum Gasteiger partial charge on any atom is 0.194 e. The van der Waals surface area contributed by atoms with Crippen molar-refractivity contribution in [2.24, 2.45) is 0 Å². The van der Waals surface area contributed by atoms with Crippen LogP contribution in [0.3, 0.4) is 0 Å². The van der Waals surface area contributed by atoms with E-state index in [1.165, 1.54) is 0 Å². The van der Waals surface area contributed by atoms with Crippen LogP contribution in [0.15, 0.2) is 0 Å². The molecular weight excluding hydrogens is 164 g/mol. The second-order valence-electron chi connectivity index (χ2n) is 3.01. The predicted molar refractivity (Wildman–Crippen MR) is 39.2 cm³/mol. The number of ether oxygens (including phenoxy) is 1. The molecule has 1 heterocycles. The normalized spacial score (nSPS) is 49.2. The zero-order chi connectivity index (χ0) is 9.35. The van der Waals surface area contributed by atoms with Crippen LogP contribution < -0.4 is 0 Å². The van der Waals surface area contributed by atoms with Crippen molar-refractivity contribution < 1.29 is 25.2 Å². The molecule has 0 aromatic heterocycles. The van der Waals surface area contributed by atoms with Crippen molar-refractivity contribution in [3.05, 3.63) is 0 Å². The molecule has 5 nitrogen and oxygen atoms in total. The molecule has 1 saturated heterocycles. The first-order chi connectivity index (χ1) is 5.51. The van der Waals surface area contributed by atoms with E-state index in [2.05, 4.69) is 0 Å². The predicted octanol–water partition coefficient (Wildman–Crippen LogP) is -1.80. The average Bonchev–Trinajstić information content (AvgIpc) is 2.09. The molecule has 0 amide bonds. The summed E-state index contributed by atoms with van der Waals surface area (Å²) in [7, 11) is 0. The fourth-order valence-corrected chi connectivity index (χ4v) is 1.20. The molecule has 1 rings (SSSR count). The molecule has 0 aliphatic carbocycles. The average molecular weight is 178 g/mol. The van der Waals surface area contributed by atoms with Gasteiger partial charge in [0.2, 0.25) is 0 Å². The molecule has 0 aromatic rings. The monoisotopic (exact) mass is 178 g/mol. The number of rotatable bonds is 1. The highest BCUT2D eigenvalue weighted by molar-refractivity contribution is 4.90. The molecular formula is C7H14O5. The Labute approximate surface area is 70.2 Å². The summed E-state index contributed by atoms with van der Waals surface area (Å²) in [5, 5.41) is 37.0. The van der Waals surface area contributed by atoms with Crippen molar-refractivity contribution in [3.63, 3.8) is 0 Å². The van der Waals surface area contributed by atoms with E-state index in [-0.39, 0.29) is 13.0 Å². The SMILES string of the molecule is CCC1(O)OC[C@@H](O)C(O)[C@H]1O. The van der Waals surface area contributed by atoms with E-state index in [9.17, 15) is 15.3 Å². The third-order valence-corrected chi connectivity index (χ3v) is 2.19. The Morgan fingerprint density at radius 1 is 1.42 bits per heavy atom.